The quantitative estimate of drug-likeness (QED) is 0.135. The van der Waals surface area contributed by atoms with Crippen LogP contribution >= 0.6 is 45.8 Å². The zero-order chi connectivity index (χ0) is 24.7. The number of nitrogens with one attached hydrogen (secondary N) is 1. The van der Waals surface area contributed by atoms with Crippen molar-refractivity contribution < 1.29 is 14.2 Å². The maximum atomic E-state index is 6.35. The normalized spacial score (nSPS) is 17.0. The maximum Gasteiger partial charge on any atom is 0.191 e. The van der Waals surface area contributed by atoms with Crippen LogP contribution in [0.5, 0.6) is 11.5 Å². The number of alkyl halides is 1. The highest BCUT2D eigenvalue weighted by molar-refractivity contribution is 14.1. The lowest BCUT2D eigenvalue weighted by molar-refractivity contribution is -0.0292. The van der Waals surface area contributed by atoms with Crippen molar-refractivity contribution in [1.29, 1.82) is 0 Å². The molecule has 0 aliphatic carbocycles. The summed E-state index contributed by atoms with van der Waals surface area (Å²) in [7, 11) is 3.24. The first-order chi connectivity index (χ1) is 16.4. The molecule has 1 atom stereocenters. The standard InChI is InChI=1S/C22H27Cl2IN6O3/c1-28-22(27)31-5-6-33-14(10-31)11-34-20-9-18(29-12-25)15(8-19(20)32-2)21(26)30-13-3-4-16(23)17(24)7-13/h3-4,7-9,14,29H,5-6,10-12H2,1-2H3,(H2,26,30)(H2,27,28). The van der Waals surface area contributed by atoms with Crippen LogP contribution in [-0.4, -0.2) is 67.8 Å². The molecule has 1 aliphatic rings. The Balaban J connectivity index is 1.83. The molecule has 2 aromatic rings. The van der Waals surface area contributed by atoms with Crippen molar-refractivity contribution in [2.45, 2.75) is 6.10 Å². The fourth-order valence-electron chi connectivity index (χ4n) is 3.37. The average Bonchev–Trinajstić information content (AvgIpc) is 2.84. The summed E-state index contributed by atoms with van der Waals surface area (Å²) in [5.41, 5.74) is 14.3. The van der Waals surface area contributed by atoms with Gasteiger partial charge in [-0.05, 0) is 24.3 Å². The first-order valence-corrected chi connectivity index (χ1v) is 12.7. The smallest absolute Gasteiger partial charge is 0.191 e. The van der Waals surface area contributed by atoms with Gasteiger partial charge in [-0.15, -0.1) is 0 Å². The van der Waals surface area contributed by atoms with Crippen molar-refractivity contribution >= 4 is 69.0 Å². The van der Waals surface area contributed by atoms with Crippen LogP contribution in [0, 0.1) is 0 Å². The number of aliphatic imine (C=N–C) groups is 2. The fourth-order valence-corrected chi connectivity index (χ4v) is 4.07. The first-order valence-electron chi connectivity index (χ1n) is 10.4. The van der Waals surface area contributed by atoms with Gasteiger partial charge in [0, 0.05) is 30.9 Å². The molecule has 0 saturated carbocycles. The number of methoxy groups -OCH3 is 1. The van der Waals surface area contributed by atoms with Crippen LogP contribution in [0.15, 0.2) is 40.3 Å². The molecule has 0 spiro atoms. The van der Waals surface area contributed by atoms with E-state index >= 15 is 0 Å². The molecule has 0 radical (unpaired) electrons. The molecule has 0 bridgehead atoms. The van der Waals surface area contributed by atoms with Gasteiger partial charge in [-0.1, -0.05) is 45.8 Å². The van der Waals surface area contributed by atoms with E-state index in [4.69, 9.17) is 48.9 Å². The molecule has 1 saturated heterocycles. The Morgan fingerprint density at radius 2 is 2.03 bits per heavy atom. The van der Waals surface area contributed by atoms with E-state index in [0.717, 1.165) is 5.69 Å². The highest BCUT2D eigenvalue weighted by atomic mass is 127. The molecule has 0 aromatic heterocycles. The number of hydrogen-bond acceptors (Lipinski definition) is 6. The van der Waals surface area contributed by atoms with Crippen molar-refractivity contribution in [3.05, 3.63) is 45.9 Å². The minimum atomic E-state index is -0.166. The molecule has 1 fully saturated rings. The number of nitrogens with zero attached hydrogens (tertiary/aromatic N) is 3. The van der Waals surface area contributed by atoms with Gasteiger partial charge in [-0.2, -0.15) is 0 Å². The number of guanidine groups is 1. The molecule has 184 valence electrons. The zero-order valence-electron chi connectivity index (χ0n) is 18.9. The molecule has 34 heavy (non-hydrogen) atoms. The molecule has 2 aromatic carbocycles. The van der Waals surface area contributed by atoms with Gasteiger partial charge in [-0.25, -0.2) is 4.99 Å². The lowest BCUT2D eigenvalue weighted by Crippen LogP contribution is -2.50. The van der Waals surface area contributed by atoms with Crippen LogP contribution in [0.4, 0.5) is 11.4 Å². The van der Waals surface area contributed by atoms with E-state index in [1.165, 1.54) is 0 Å². The first kappa shape index (κ1) is 26.5. The van der Waals surface area contributed by atoms with Crippen molar-refractivity contribution in [2.24, 2.45) is 21.5 Å². The summed E-state index contributed by atoms with van der Waals surface area (Å²) in [6.45, 7) is 2.15. The van der Waals surface area contributed by atoms with E-state index in [9.17, 15) is 0 Å². The Labute approximate surface area is 222 Å². The molecule has 5 N–H and O–H groups in total. The Hall–Kier alpha value is -2.15. The van der Waals surface area contributed by atoms with Crippen LogP contribution in [0.1, 0.15) is 5.56 Å². The summed E-state index contributed by atoms with van der Waals surface area (Å²) in [4.78, 5) is 10.5. The summed E-state index contributed by atoms with van der Waals surface area (Å²) in [5.74, 6) is 1.85. The second-order valence-electron chi connectivity index (χ2n) is 7.29. The van der Waals surface area contributed by atoms with Gasteiger partial charge in [-0.3, -0.25) is 4.99 Å². The average molecular weight is 621 g/mol. The molecule has 0 amide bonds. The third kappa shape index (κ3) is 6.71. The van der Waals surface area contributed by atoms with Gasteiger partial charge in [0.1, 0.15) is 18.5 Å². The number of hydrogen-bond donors (Lipinski definition) is 3. The van der Waals surface area contributed by atoms with Gasteiger partial charge in [0.25, 0.3) is 0 Å². The summed E-state index contributed by atoms with van der Waals surface area (Å²) in [5, 5.41) is 4.14. The van der Waals surface area contributed by atoms with Gasteiger partial charge in [0.2, 0.25) is 0 Å². The number of rotatable bonds is 8. The molecular formula is C22H27Cl2IN6O3. The van der Waals surface area contributed by atoms with Crippen molar-refractivity contribution in [2.75, 3.05) is 50.3 Å². The molecule has 9 nitrogen and oxygen atoms in total. The van der Waals surface area contributed by atoms with Gasteiger partial charge in [0.15, 0.2) is 17.5 Å². The number of nitrogens with two attached hydrogens (primary N) is 2. The SMILES string of the molecule is CN=C(N)N1CCOC(COc2cc(NCI)c(C(N)=Nc3ccc(Cl)c(Cl)c3)cc2OC)C1. The summed E-state index contributed by atoms with van der Waals surface area (Å²) in [6, 6.07) is 8.69. The minimum Gasteiger partial charge on any atom is -0.493 e. The third-order valence-electron chi connectivity index (χ3n) is 5.11. The lowest BCUT2D eigenvalue weighted by atomic mass is 10.1. The molecule has 1 heterocycles. The highest BCUT2D eigenvalue weighted by Gasteiger charge is 2.23. The van der Waals surface area contributed by atoms with E-state index in [0.29, 0.717) is 69.6 Å². The van der Waals surface area contributed by atoms with E-state index in [1.54, 1.807) is 38.4 Å². The topological polar surface area (TPSA) is 120 Å². The Bertz CT molecular complexity index is 1070. The van der Waals surface area contributed by atoms with Gasteiger partial charge in [0.05, 0.1) is 40.5 Å². The van der Waals surface area contributed by atoms with Crippen molar-refractivity contribution in [3.63, 3.8) is 0 Å². The largest absolute Gasteiger partial charge is 0.493 e. The molecule has 3 rings (SSSR count). The van der Waals surface area contributed by atoms with E-state index in [-0.39, 0.29) is 11.9 Å². The second kappa shape index (κ2) is 12.5. The highest BCUT2D eigenvalue weighted by Crippen LogP contribution is 2.35. The van der Waals surface area contributed by atoms with E-state index < -0.39 is 0 Å². The van der Waals surface area contributed by atoms with Crippen LogP contribution in [-0.2, 0) is 4.74 Å². The number of morpholine rings is 1. The summed E-state index contributed by atoms with van der Waals surface area (Å²) >= 11 is 14.3. The molecular weight excluding hydrogens is 594 g/mol. The van der Waals surface area contributed by atoms with E-state index in [1.807, 2.05) is 11.0 Å². The number of ether oxygens (including phenoxy) is 3. The summed E-state index contributed by atoms with van der Waals surface area (Å²) < 4.78 is 18.1. The molecule has 1 aliphatic heterocycles. The number of benzene rings is 2. The van der Waals surface area contributed by atoms with Gasteiger partial charge < -0.3 is 35.9 Å². The maximum absolute atomic E-state index is 6.35. The van der Waals surface area contributed by atoms with Crippen LogP contribution in [0.25, 0.3) is 0 Å². The van der Waals surface area contributed by atoms with Crippen molar-refractivity contribution in [3.8, 4) is 11.5 Å². The van der Waals surface area contributed by atoms with Crippen LogP contribution < -0.4 is 26.3 Å². The van der Waals surface area contributed by atoms with Crippen LogP contribution in [0.2, 0.25) is 10.0 Å². The van der Waals surface area contributed by atoms with Crippen LogP contribution in [0.3, 0.4) is 0 Å². The Kier molecular flexibility index (Phi) is 9.74. The zero-order valence-corrected chi connectivity index (χ0v) is 22.5. The summed E-state index contributed by atoms with van der Waals surface area (Å²) in [6.07, 6.45) is -0.166. The fraction of sp³-hybridized carbons (Fsp3) is 0.364. The number of anilines is 1. The van der Waals surface area contributed by atoms with E-state index in [2.05, 4.69) is 37.9 Å². The molecule has 12 heteroatoms. The predicted octanol–water partition coefficient (Wildman–Crippen LogP) is 3.87. The Morgan fingerprint density at radius 1 is 1.24 bits per heavy atom. The third-order valence-corrected chi connectivity index (χ3v) is 6.23. The predicted molar refractivity (Wildman–Crippen MR) is 147 cm³/mol. The number of amidine groups is 1. The monoisotopic (exact) mass is 620 g/mol. The number of halogens is 3. The van der Waals surface area contributed by atoms with Crippen molar-refractivity contribution in [1.82, 2.24) is 4.90 Å². The molecule has 1 unspecified atom stereocenters. The minimum absolute atomic E-state index is 0.166. The van der Waals surface area contributed by atoms with Gasteiger partial charge >= 0.3 is 0 Å². The second-order valence-corrected chi connectivity index (χ2v) is 8.86. The Morgan fingerprint density at radius 3 is 2.71 bits per heavy atom. The lowest BCUT2D eigenvalue weighted by Gasteiger charge is -2.33.